The summed E-state index contributed by atoms with van der Waals surface area (Å²) in [5.41, 5.74) is 0. The Labute approximate surface area is 125 Å². The fourth-order valence-electron chi connectivity index (χ4n) is 2.40. The third kappa shape index (κ3) is 4.18. The molecule has 0 unspecified atom stereocenters. The molecule has 0 spiro atoms. The van der Waals surface area contributed by atoms with E-state index in [1.54, 1.807) is 0 Å². The van der Waals surface area contributed by atoms with Crippen molar-refractivity contribution in [2.75, 3.05) is 45.2 Å². The van der Waals surface area contributed by atoms with E-state index in [1.807, 2.05) is 18.9 Å². The van der Waals surface area contributed by atoms with E-state index >= 15 is 0 Å². The molecule has 2 rings (SSSR count). The Balaban J connectivity index is 1.99. The molecular weight excluding hydrogens is 278 g/mol. The van der Waals surface area contributed by atoms with Crippen molar-refractivity contribution < 1.29 is 4.74 Å². The van der Waals surface area contributed by atoms with Crippen molar-refractivity contribution in [1.29, 1.82) is 0 Å². The summed E-state index contributed by atoms with van der Waals surface area (Å²) in [7, 11) is 4.15. The van der Waals surface area contributed by atoms with Crippen LogP contribution in [-0.4, -0.2) is 60.2 Å². The molecule has 0 aromatic carbocycles. The Bertz CT molecular complexity index is 437. The molecule has 0 amide bonds. The zero-order valence-corrected chi connectivity index (χ0v) is 13.1. The van der Waals surface area contributed by atoms with Crippen molar-refractivity contribution in [3.63, 3.8) is 0 Å². The molecule has 2 heterocycles. The summed E-state index contributed by atoms with van der Waals surface area (Å²) >= 11 is 5.92. The largest absolute Gasteiger partial charge is 0.464 e. The number of ether oxygens (including phenoxy) is 1. The van der Waals surface area contributed by atoms with E-state index in [0.717, 1.165) is 19.6 Å². The van der Waals surface area contributed by atoms with Crippen LogP contribution >= 0.6 is 11.6 Å². The van der Waals surface area contributed by atoms with E-state index in [2.05, 4.69) is 26.9 Å². The molecule has 0 N–H and O–H groups in total. The third-order valence-electron chi connectivity index (χ3n) is 3.56. The van der Waals surface area contributed by atoms with Crippen molar-refractivity contribution in [1.82, 2.24) is 19.9 Å². The fourth-order valence-corrected chi connectivity index (χ4v) is 2.55. The van der Waals surface area contributed by atoms with Crippen LogP contribution in [0, 0.1) is 5.92 Å². The average Bonchev–Trinajstić information content (AvgIpc) is 2.41. The second-order valence-electron chi connectivity index (χ2n) is 5.25. The van der Waals surface area contributed by atoms with E-state index < -0.39 is 0 Å². The number of nitrogens with zero attached hydrogens (tertiary/aromatic N) is 5. The minimum Gasteiger partial charge on any atom is -0.464 e. The first kappa shape index (κ1) is 15.3. The lowest BCUT2D eigenvalue weighted by molar-refractivity contribution is 0.222. The van der Waals surface area contributed by atoms with Crippen LogP contribution in [0.2, 0.25) is 5.28 Å². The van der Waals surface area contributed by atoms with Gasteiger partial charge in [0.25, 0.3) is 0 Å². The lowest BCUT2D eigenvalue weighted by Crippen LogP contribution is -2.36. The van der Waals surface area contributed by atoms with Crippen LogP contribution in [-0.2, 0) is 0 Å². The van der Waals surface area contributed by atoms with Gasteiger partial charge in [0.1, 0.15) is 0 Å². The summed E-state index contributed by atoms with van der Waals surface area (Å²) in [5, 5.41) is 0.175. The first-order valence-corrected chi connectivity index (χ1v) is 7.40. The van der Waals surface area contributed by atoms with Gasteiger partial charge in [-0.1, -0.05) is 0 Å². The molecule has 0 radical (unpaired) electrons. The van der Waals surface area contributed by atoms with Crippen molar-refractivity contribution in [2.24, 2.45) is 5.92 Å². The minimum absolute atomic E-state index is 0.175. The monoisotopic (exact) mass is 299 g/mol. The van der Waals surface area contributed by atoms with Crippen LogP contribution in [0.25, 0.3) is 0 Å². The Morgan fingerprint density at radius 3 is 2.65 bits per heavy atom. The maximum atomic E-state index is 5.92. The Hall–Kier alpha value is -1.14. The summed E-state index contributed by atoms with van der Waals surface area (Å²) in [6, 6.07) is 0.290. The van der Waals surface area contributed by atoms with Crippen LogP contribution in [0.3, 0.4) is 0 Å². The molecule has 0 atom stereocenters. The quantitative estimate of drug-likeness (QED) is 0.825. The highest BCUT2D eigenvalue weighted by Gasteiger charge is 2.20. The molecule has 1 aromatic heterocycles. The minimum atomic E-state index is 0.175. The van der Waals surface area contributed by atoms with Crippen molar-refractivity contribution >= 4 is 17.5 Å². The zero-order valence-electron chi connectivity index (χ0n) is 12.3. The van der Waals surface area contributed by atoms with Gasteiger partial charge in [-0.05, 0) is 57.4 Å². The maximum Gasteiger partial charge on any atom is 0.322 e. The summed E-state index contributed by atoms with van der Waals surface area (Å²) in [6.07, 6.45) is 2.41. The molecule has 1 aliphatic rings. The first-order chi connectivity index (χ1) is 9.58. The molecule has 1 fully saturated rings. The number of hydrogen-bond donors (Lipinski definition) is 0. The van der Waals surface area contributed by atoms with E-state index in [4.69, 9.17) is 16.3 Å². The highest BCUT2D eigenvalue weighted by atomic mass is 35.5. The molecule has 1 aliphatic heterocycles. The van der Waals surface area contributed by atoms with Gasteiger partial charge in [0, 0.05) is 13.6 Å². The zero-order chi connectivity index (χ0) is 14.5. The number of aromatic nitrogens is 3. The molecule has 0 saturated carbocycles. The second kappa shape index (κ2) is 7.04. The van der Waals surface area contributed by atoms with Gasteiger partial charge in [0.15, 0.2) is 0 Å². The number of halogens is 1. The fraction of sp³-hybridized carbons (Fsp3) is 0.769. The molecule has 20 heavy (non-hydrogen) atoms. The van der Waals surface area contributed by atoms with Gasteiger partial charge in [0.2, 0.25) is 11.2 Å². The van der Waals surface area contributed by atoms with Crippen LogP contribution in [0.1, 0.15) is 19.8 Å². The average molecular weight is 300 g/mol. The predicted molar refractivity (Wildman–Crippen MR) is 79.5 cm³/mol. The van der Waals surface area contributed by atoms with Crippen LogP contribution in [0.4, 0.5) is 5.95 Å². The number of anilines is 1. The normalized spacial score (nSPS) is 17.2. The van der Waals surface area contributed by atoms with Gasteiger partial charge in [-0.25, -0.2) is 0 Å². The molecule has 0 aliphatic carbocycles. The first-order valence-electron chi connectivity index (χ1n) is 7.02. The van der Waals surface area contributed by atoms with Crippen molar-refractivity contribution in [3.8, 4) is 6.01 Å². The topological polar surface area (TPSA) is 54.4 Å². The lowest BCUT2D eigenvalue weighted by Gasteiger charge is -2.31. The smallest absolute Gasteiger partial charge is 0.322 e. The molecule has 0 bridgehead atoms. The summed E-state index contributed by atoms with van der Waals surface area (Å²) in [4.78, 5) is 16.8. The highest BCUT2D eigenvalue weighted by Crippen LogP contribution is 2.20. The highest BCUT2D eigenvalue weighted by molar-refractivity contribution is 6.28. The van der Waals surface area contributed by atoms with Crippen LogP contribution in [0.5, 0.6) is 6.01 Å². The molecular formula is C13H22ClN5O. The van der Waals surface area contributed by atoms with Gasteiger partial charge in [-0.3, -0.25) is 0 Å². The van der Waals surface area contributed by atoms with E-state index in [0.29, 0.717) is 18.5 Å². The molecule has 112 valence electrons. The predicted octanol–water partition coefficient (Wildman–Crippen LogP) is 1.70. The van der Waals surface area contributed by atoms with Crippen molar-refractivity contribution in [2.45, 2.75) is 19.8 Å². The van der Waals surface area contributed by atoms with Gasteiger partial charge < -0.3 is 14.5 Å². The van der Waals surface area contributed by atoms with E-state index in [9.17, 15) is 0 Å². The molecule has 7 heteroatoms. The van der Waals surface area contributed by atoms with E-state index in [-0.39, 0.29) is 11.3 Å². The number of rotatable bonds is 5. The molecule has 6 nitrogen and oxygen atoms in total. The Morgan fingerprint density at radius 2 is 2.00 bits per heavy atom. The van der Waals surface area contributed by atoms with Crippen LogP contribution < -0.4 is 9.64 Å². The standard InChI is InChI=1S/C13H22ClN5O/c1-4-20-13-16-11(14)15-12(17-13)19(3)9-10-5-7-18(2)8-6-10/h10H,4-9H2,1-3H3. The van der Waals surface area contributed by atoms with Crippen LogP contribution in [0.15, 0.2) is 0 Å². The molecule has 1 saturated heterocycles. The summed E-state index contributed by atoms with van der Waals surface area (Å²) < 4.78 is 5.30. The SMILES string of the molecule is CCOc1nc(Cl)nc(N(C)CC2CCN(C)CC2)n1. The van der Waals surface area contributed by atoms with Gasteiger partial charge in [-0.15, -0.1) is 0 Å². The Morgan fingerprint density at radius 1 is 1.30 bits per heavy atom. The van der Waals surface area contributed by atoms with E-state index in [1.165, 1.54) is 12.8 Å². The Kier molecular flexibility index (Phi) is 5.37. The maximum absolute atomic E-state index is 5.92. The summed E-state index contributed by atoms with van der Waals surface area (Å²) in [5.74, 6) is 1.25. The molecule has 1 aromatic rings. The number of likely N-dealkylation sites (tertiary alicyclic amines) is 1. The van der Waals surface area contributed by atoms with Gasteiger partial charge in [0.05, 0.1) is 6.61 Å². The third-order valence-corrected chi connectivity index (χ3v) is 3.73. The van der Waals surface area contributed by atoms with Crippen molar-refractivity contribution in [3.05, 3.63) is 5.28 Å². The summed E-state index contributed by atoms with van der Waals surface area (Å²) in [6.45, 7) is 5.64. The second-order valence-corrected chi connectivity index (χ2v) is 5.59. The van der Waals surface area contributed by atoms with Gasteiger partial charge >= 0.3 is 6.01 Å². The number of hydrogen-bond acceptors (Lipinski definition) is 6. The lowest BCUT2D eigenvalue weighted by atomic mass is 9.97. The number of piperidine rings is 1. The van der Waals surface area contributed by atoms with Gasteiger partial charge in [-0.2, -0.15) is 15.0 Å².